The SMILES string of the molecule is COc1ccc(COC(=O)C(=C(C)C)N2C(=O)[C@H](Br)[C@H]2SC=C[Si](C)(C)C)cc1. The molecule has 0 aliphatic carbocycles. The van der Waals surface area contributed by atoms with E-state index in [0.29, 0.717) is 5.70 Å². The number of allylic oxidation sites excluding steroid dienone is 1. The van der Waals surface area contributed by atoms with E-state index in [9.17, 15) is 9.59 Å². The van der Waals surface area contributed by atoms with Crippen molar-refractivity contribution >= 4 is 47.6 Å². The number of benzene rings is 1. The fourth-order valence-corrected chi connectivity index (χ4v) is 6.13. The van der Waals surface area contributed by atoms with E-state index in [1.54, 1.807) is 23.8 Å². The van der Waals surface area contributed by atoms with Crippen LogP contribution >= 0.6 is 27.7 Å². The average Bonchev–Trinajstić information content (AvgIpc) is 2.67. The zero-order valence-electron chi connectivity index (χ0n) is 17.7. The summed E-state index contributed by atoms with van der Waals surface area (Å²) < 4.78 is 10.6. The lowest BCUT2D eigenvalue weighted by atomic mass is 10.1. The van der Waals surface area contributed by atoms with Gasteiger partial charge in [0.15, 0.2) is 0 Å². The van der Waals surface area contributed by atoms with E-state index in [1.807, 2.05) is 38.1 Å². The molecule has 1 saturated heterocycles. The third-order valence-corrected chi connectivity index (χ3v) is 7.91. The van der Waals surface area contributed by atoms with Crippen molar-refractivity contribution < 1.29 is 19.1 Å². The Morgan fingerprint density at radius 1 is 1.24 bits per heavy atom. The van der Waals surface area contributed by atoms with E-state index < -0.39 is 14.0 Å². The van der Waals surface area contributed by atoms with Crippen molar-refractivity contribution in [2.75, 3.05) is 7.11 Å². The minimum Gasteiger partial charge on any atom is -0.497 e. The van der Waals surface area contributed by atoms with Crippen molar-refractivity contribution in [3.8, 4) is 5.75 Å². The number of β-lactam (4-membered cyclic amide) rings is 1. The fraction of sp³-hybridized carbons (Fsp3) is 0.429. The van der Waals surface area contributed by atoms with E-state index in [2.05, 4.69) is 46.7 Å². The van der Waals surface area contributed by atoms with Gasteiger partial charge in [-0.15, -0.1) is 11.8 Å². The zero-order chi connectivity index (χ0) is 21.8. The molecule has 1 aromatic carbocycles. The van der Waals surface area contributed by atoms with Crippen molar-refractivity contribution in [2.24, 2.45) is 0 Å². The van der Waals surface area contributed by atoms with Crippen LogP contribution in [0.5, 0.6) is 5.75 Å². The molecule has 2 atom stereocenters. The van der Waals surface area contributed by atoms with Gasteiger partial charge in [-0.3, -0.25) is 9.69 Å². The average molecular weight is 499 g/mol. The molecule has 0 aromatic heterocycles. The zero-order valence-corrected chi connectivity index (χ0v) is 21.1. The summed E-state index contributed by atoms with van der Waals surface area (Å²) in [4.78, 5) is 26.6. The fourth-order valence-electron chi connectivity index (χ4n) is 2.60. The van der Waals surface area contributed by atoms with E-state index in [4.69, 9.17) is 9.47 Å². The van der Waals surface area contributed by atoms with Gasteiger partial charge in [0.05, 0.1) is 15.2 Å². The van der Waals surface area contributed by atoms with Gasteiger partial charge in [0, 0.05) is 0 Å². The summed E-state index contributed by atoms with van der Waals surface area (Å²) in [5.74, 6) is 0.126. The van der Waals surface area contributed by atoms with Gasteiger partial charge in [-0.2, -0.15) is 0 Å². The Morgan fingerprint density at radius 2 is 1.86 bits per heavy atom. The maximum atomic E-state index is 12.8. The van der Waals surface area contributed by atoms with Crippen LogP contribution in [0.4, 0.5) is 0 Å². The summed E-state index contributed by atoms with van der Waals surface area (Å²) in [7, 11) is 0.267. The van der Waals surface area contributed by atoms with Gasteiger partial charge in [-0.05, 0) is 42.5 Å². The monoisotopic (exact) mass is 497 g/mol. The number of methoxy groups -OCH3 is 1. The highest BCUT2D eigenvalue weighted by molar-refractivity contribution is 9.10. The highest BCUT2D eigenvalue weighted by Gasteiger charge is 2.49. The lowest BCUT2D eigenvalue weighted by Gasteiger charge is -2.44. The third kappa shape index (κ3) is 6.23. The van der Waals surface area contributed by atoms with E-state index in [1.165, 1.54) is 0 Å². The number of thioether (sulfide) groups is 1. The molecule has 1 amide bonds. The summed E-state index contributed by atoms with van der Waals surface area (Å²) in [5, 5.41) is 1.88. The Morgan fingerprint density at radius 3 is 2.38 bits per heavy atom. The molecule has 1 aromatic rings. The van der Waals surface area contributed by atoms with Gasteiger partial charge in [-0.1, -0.05) is 53.4 Å². The molecule has 2 rings (SSSR count). The van der Waals surface area contributed by atoms with Crippen molar-refractivity contribution in [3.63, 3.8) is 0 Å². The second kappa shape index (κ2) is 10.00. The topological polar surface area (TPSA) is 55.8 Å². The van der Waals surface area contributed by atoms with Crippen LogP contribution in [0.25, 0.3) is 0 Å². The number of hydrogen-bond acceptors (Lipinski definition) is 5. The minimum absolute atomic E-state index is 0.124. The Bertz CT molecular complexity index is 813. The number of nitrogens with zero attached hydrogens (tertiary/aromatic N) is 1. The second-order valence-corrected chi connectivity index (χ2v) is 15.2. The smallest absolute Gasteiger partial charge is 0.355 e. The number of likely N-dealkylation sites (tertiary alicyclic amines) is 1. The van der Waals surface area contributed by atoms with E-state index in [-0.39, 0.29) is 22.7 Å². The number of amides is 1. The first kappa shape index (κ1) is 23.8. The van der Waals surface area contributed by atoms with Gasteiger partial charge in [-0.25, -0.2) is 4.79 Å². The van der Waals surface area contributed by atoms with Crippen LogP contribution in [0.1, 0.15) is 19.4 Å². The summed E-state index contributed by atoms with van der Waals surface area (Å²) in [5.41, 5.74) is 4.14. The van der Waals surface area contributed by atoms with Crippen molar-refractivity contribution in [1.82, 2.24) is 4.90 Å². The van der Waals surface area contributed by atoms with E-state index in [0.717, 1.165) is 16.9 Å². The molecular weight excluding hydrogens is 470 g/mol. The van der Waals surface area contributed by atoms with Gasteiger partial charge >= 0.3 is 5.97 Å². The number of alkyl halides is 1. The predicted octanol–water partition coefficient (Wildman–Crippen LogP) is 5.09. The molecule has 0 bridgehead atoms. The molecule has 1 aliphatic heterocycles. The Labute approximate surface area is 186 Å². The highest BCUT2D eigenvalue weighted by Crippen LogP contribution is 2.39. The predicted molar refractivity (Wildman–Crippen MR) is 125 cm³/mol. The molecule has 0 spiro atoms. The molecule has 158 valence electrons. The number of hydrogen-bond donors (Lipinski definition) is 0. The molecule has 29 heavy (non-hydrogen) atoms. The summed E-state index contributed by atoms with van der Waals surface area (Å²) in [6.45, 7) is 10.5. The normalized spacial score (nSPS) is 19.1. The Kier molecular flexibility index (Phi) is 8.19. The van der Waals surface area contributed by atoms with Crippen molar-refractivity contribution in [2.45, 2.75) is 50.3 Å². The number of carbonyl (C=O) groups excluding carboxylic acids is 2. The molecule has 1 heterocycles. The molecular formula is C21H28BrNO4SSi. The molecule has 0 unspecified atom stereocenters. The summed E-state index contributed by atoms with van der Waals surface area (Å²) >= 11 is 5.00. The van der Waals surface area contributed by atoms with Crippen LogP contribution in [0.15, 0.2) is 46.6 Å². The van der Waals surface area contributed by atoms with Gasteiger partial charge in [0.25, 0.3) is 0 Å². The standard InChI is InChI=1S/C21H28BrNO4SSi/c1-14(2)18(21(25)27-13-15-7-9-16(26-3)10-8-15)23-19(24)17(22)20(23)28-11-12-29(4,5)6/h7-12,17,20H,13H2,1-6H3/t17-,20+/m0/s1. The molecule has 0 saturated carbocycles. The van der Waals surface area contributed by atoms with Crippen LogP contribution in [-0.2, 0) is 20.9 Å². The van der Waals surface area contributed by atoms with Crippen LogP contribution < -0.4 is 4.74 Å². The lowest BCUT2D eigenvalue weighted by Crippen LogP contribution is -2.60. The molecule has 5 nitrogen and oxygen atoms in total. The molecule has 8 heteroatoms. The number of ether oxygens (including phenoxy) is 2. The number of carbonyl (C=O) groups is 2. The number of rotatable bonds is 8. The van der Waals surface area contributed by atoms with Crippen LogP contribution in [0, 0.1) is 0 Å². The molecule has 0 N–H and O–H groups in total. The molecule has 1 aliphatic rings. The quantitative estimate of drug-likeness (QED) is 0.164. The second-order valence-electron chi connectivity index (χ2n) is 8.08. The van der Waals surface area contributed by atoms with Gasteiger partial charge in [0.1, 0.15) is 28.3 Å². The van der Waals surface area contributed by atoms with Crippen LogP contribution in [0.3, 0.4) is 0 Å². The van der Waals surface area contributed by atoms with Crippen LogP contribution in [0.2, 0.25) is 19.6 Å². The molecule has 1 fully saturated rings. The maximum absolute atomic E-state index is 12.8. The Balaban J connectivity index is 2.10. The molecule has 0 radical (unpaired) electrons. The van der Waals surface area contributed by atoms with Crippen molar-refractivity contribution in [3.05, 3.63) is 52.2 Å². The van der Waals surface area contributed by atoms with E-state index >= 15 is 0 Å². The van der Waals surface area contributed by atoms with Gasteiger partial charge in [0.2, 0.25) is 5.91 Å². The Hall–Kier alpha value is -1.51. The summed E-state index contributed by atoms with van der Waals surface area (Å²) in [6.07, 6.45) is 0. The minimum atomic E-state index is -1.33. The van der Waals surface area contributed by atoms with Crippen molar-refractivity contribution in [1.29, 1.82) is 0 Å². The largest absolute Gasteiger partial charge is 0.497 e. The first-order chi connectivity index (χ1) is 13.5. The first-order valence-electron chi connectivity index (χ1n) is 9.33. The number of esters is 1. The highest BCUT2D eigenvalue weighted by atomic mass is 79.9. The van der Waals surface area contributed by atoms with Crippen LogP contribution in [-0.4, -0.2) is 42.2 Å². The maximum Gasteiger partial charge on any atom is 0.355 e. The number of halogens is 1. The summed E-state index contributed by atoms with van der Waals surface area (Å²) in [6, 6.07) is 7.32. The first-order valence-corrected chi connectivity index (χ1v) is 14.8. The lowest BCUT2D eigenvalue weighted by molar-refractivity contribution is -0.149. The van der Waals surface area contributed by atoms with Gasteiger partial charge < -0.3 is 9.47 Å². The third-order valence-electron chi connectivity index (χ3n) is 4.20.